The lowest BCUT2D eigenvalue weighted by molar-refractivity contribution is 0.129. The first-order chi connectivity index (χ1) is 10.6. The summed E-state index contributed by atoms with van der Waals surface area (Å²) in [5, 5.41) is 25.1. The molecule has 0 bridgehead atoms. The first-order valence-electron chi connectivity index (χ1n) is 7.89. The normalized spacial score (nSPS) is 26.4. The number of aryl methyl sites for hydroxylation is 1. The van der Waals surface area contributed by atoms with Gasteiger partial charge in [0.2, 0.25) is 0 Å². The molecule has 0 aliphatic heterocycles. The maximum atomic E-state index is 10.3. The highest BCUT2D eigenvalue weighted by Crippen LogP contribution is 2.36. The van der Waals surface area contributed by atoms with E-state index < -0.39 is 0 Å². The zero-order valence-corrected chi connectivity index (χ0v) is 13.1. The fraction of sp³-hybridized carbons (Fsp3) is 0.667. The molecule has 2 aromatic rings. The van der Waals surface area contributed by atoms with Gasteiger partial charge < -0.3 is 10.4 Å². The fourth-order valence-electron chi connectivity index (χ4n) is 3.18. The maximum absolute atomic E-state index is 10.3. The van der Waals surface area contributed by atoms with E-state index >= 15 is 0 Å². The predicted molar refractivity (Wildman–Crippen MR) is 82.3 cm³/mol. The second kappa shape index (κ2) is 6.58. The number of H-pyrrole nitrogens is 1. The minimum absolute atomic E-state index is 0.254. The number of aliphatic hydroxyl groups is 1. The summed E-state index contributed by atoms with van der Waals surface area (Å²) in [6, 6.07) is 2.24. The Balaban J connectivity index is 1.48. The van der Waals surface area contributed by atoms with Gasteiger partial charge in [-0.25, -0.2) is 4.98 Å². The second-order valence-corrected chi connectivity index (χ2v) is 6.31. The Morgan fingerprint density at radius 2 is 2.36 bits per heavy atom. The van der Waals surface area contributed by atoms with Crippen LogP contribution >= 0.6 is 0 Å². The average Bonchev–Trinajstić information content (AvgIpc) is 3.19. The Kier molecular flexibility index (Phi) is 4.54. The van der Waals surface area contributed by atoms with Gasteiger partial charge in [-0.1, -0.05) is 0 Å². The molecular formula is C15H24N6O. The molecule has 4 atom stereocenters. The van der Waals surface area contributed by atoms with E-state index in [1.165, 1.54) is 0 Å². The third kappa shape index (κ3) is 3.53. The van der Waals surface area contributed by atoms with Gasteiger partial charge >= 0.3 is 0 Å². The number of hydrogen-bond acceptors (Lipinski definition) is 5. The summed E-state index contributed by atoms with van der Waals surface area (Å²) >= 11 is 0. The minimum Gasteiger partial charge on any atom is -0.393 e. The number of nitrogens with zero attached hydrogens (tertiary/aromatic N) is 4. The van der Waals surface area contributed by atoms with Crippen molar-refractivity contribution in [2.24, 2.45) is 5.92 Å². The summed E-state index contributed by atoms with van der Waals surface area (Å²) in [5.74, 6) is 2.18. The molecule has 0 spiro atoms. The Morgan fingerprint density at radius 3 is 3.05 bits per heavy atom. The number of nitrogens with one attached hydrogen (secondary N) is 2. The molecule has 7 heteroatoms. The van der Waals surface area contributed by atoms with Gasteiger partial charge in [-0.15, -0.1) is 0 Å². The number of aliphatic hydroxyl groups excluding tert-OH is 1. The van der Waals surface area contributed by atoms with Crippen LogP contribution in [0.1, 0.15) is 37.3 Å². The molecule has 2 heterocycles. The first-order valence-corrected chi connectivity index (χ1v) is 7.89. The van der Waals surface area contributed by atoms with Crippen LogP contribution in [0.5, 0.6) is 0 Å². The van der Waals surface area contributed by atoms with Crippen LogP contribution in [-0.2, 0) is 6.54 Å². The van der Waals surface area contributed by atoms with Gasteiger partial charge in [0.1, 0.15) is 5.82 Å². The van der Waals surface area contributed by atoms with Crippen LogP contribution in [0.3, 0.4) is 0 Å². The smallest absolute Gasteiger partial charge is 0.153 e. The van der Waals surface area contributed by atoms with Crippen molar-refractivity contribution in [3.8, 4) is 0 Å². The van der Waals surface area contributed by atoms with Crippen LogP contribution in [-0.4, -0.2) is 48.8 Å². The molecule has 1 saturated carbocycles. The van der Waals surface area contributed by atoms with Gasteiger partial charge in [0.05, 0.1) is 12.6 Å². The van der Waals surface area contributed by atoms with Crippen molar-refractivity contribution in [1.82, 2.24) is 30.3 Å². The zero-order chi connectivity index (χ0) is 15.5. The van der Waals surface area contributed by atoms with Crippen LogP contribution in [0.4, 0.5) is 0 Å². The van der Waals surface area contributed by atoms with Crippen LogP contribution < -0.4 is 5.32 Å². The van der Waals surface area contributed by atoms with E-state index in [1.54, 1.807) is 6.20 Å². The fourth-order valence-corrected chi connectivity index (χ4v) is 3.18. The highest BCUT2D eigenvalue weighted by atomic mass is 16.3. The Labute approximate surface area is 130 Å². The van der Waals surface area contributed by atoms with Crippen LogP contribution in [0.2, 0.25) is 0 Å². The van der Waals surface area contributed by atoms with Crippen molar-refractivity contribution in [2.45, 2.75) is 51.3 Å². The average molecular weight is 304 g/mol. The second-order valence-electron chi connectivity index (χ2n) is 6.31. The molecule has 2 aromatic heterocycles. The summed E-state index contributed by atoms with van der Waals surface area (Å²) < 4.78 is 1.92. The van der Waals surface area contributed by atoms with E-state index in [9.17, 15) is 5.11 Å². The van der Waals surface area contributed by atoms with Crippen LogP contribution in [0.15, 0.2) is 18.5 Å². The zero-order valence-electron chi connectivity index (χ0n) is 13.1. The molecule has 1 aliphatic rings. The third-order valence-corrected chi connectivity index (χ3v) is 4.39. The van der Waals surface area contributed by atoms with E-state index in [-0.39, 0.29) is 17.9 Å². The molecule has 120 valence electrons. The summed E-state index contributed by atoms with van der Waals surface area (Å²) in [4.78, 5) is 4.40. The SMILES string of the molecule is Cc1nc([C@H]2C[C@H](CNC(C)Cn3cccn3)[C@H](O)C2)n[nH]1. The quantitative estimate of drug-likeness (QED) is 0.735. The van der Waals surface area contributed by atoms with E-state index in [0.29, 0.717) is 6.04 Å². The molecule has 1 fully saturated rings. The minimum atomic E-state index is -0.284. The predicted octanol–water partition coefficient (Wildman–Crippen LogP) is 0.842. The first kappa shape index (κ1) is 15.2. The van der Waals surface area contributed by atoms with Crippen molar-refractivity contribution in [2.75, 3.05) is 6.54 Å². The van der Waals surface area contributed by atoms with Crippen molar-refractivity contribution in [3.63, 3.8) is 0 Å². The largest absolute Gasteiger partial charge is 0.393 e. The Morgan fingerprint density at radius 1 is 1.50 bits per heavy atom. The van der Waals surface area contributed by atoms with Crippen molar-refractivity contribution in [3.05, 3.63) is 30.1 Å². The highest BCUT2D eigenvalue weighted by molar-refractivity contribution is 5.03. The molecule has 0 aromatic carbocycles. The molecule has 22 heavy (non-hydrogen) atoms. The molecule has 3 rings (SSSR count). The number of aromatic nitrogens is 5. The van der Waals surface area contributed by atoms with Gasteiger partial charge in [-0.3, -0.25) is 9.78 Å². The maximum Gasteiger partial charge on any atom is 0.153 e. The Hall–Kier alpha value is -1.73. The number of rotatable bonds is 6. The number of aromatic amines is 1. The van der Waals surface area contributed by atoms with E-state index in [0.717, 1.165) is 37.6 Å². The lowest BCUT2D eigenvalue weighted by Crippen LogP contribution is -2.36. The van der Waals surface area contributed by atoms with Crippen molar-refractivity contribution >= 4 is 0 Å². The van der Waals surface area contributed by atoms with Crippen molar-refractivity contribution < 1.29 is 5.11 Å². The summed E-state index contributed by atoms with van der Waals surface area (Å²) in [7, 11) is 0. The van der Waals surface area contributed by atoms with Gasteiger partial charge in [0, 0.05) is 30.9 Å². The lowest BCUT2D eigenvalue weighted by Gasteiger charge is -2.19. The summed E-state index contributed by atoms with van der Waals surface area (Å²) in [6.45, 7) is 5.68. The summed E-state index contributed by atoms with van der Waals surface area (Å²) in [6.07, 6.45) is 5.14. The molecule has 0 saturated heterocycles. The Bertz CT molecular complexity index is 581. The van der Waals surface area contributed by atoms with Gasteiger partial charge in [-0.05, 0) is 38.7 Å². The third-order valence-electron chi connectivity index (χ3n) is 4.39. The lowest BCUT2D eigenvalue weighted by atomic mass is 10.0. The highest BCUT2D eigenvalue weighted by Gasteiger charge is 2.35. The van der Waals surface area contributed by atoms with E-state index in [2.05, 4.69) is 32.5 Å². The number of hydrogen-bond donors (Lipinski definition) is 3. The van der Waals surface area contributed by atoms with Gasteiger partial charge in [-0.2, -0.15) is 10.2 Å². The molecule has 1 aliphatic carbocycles. The molecule has 0 radical (unpaired) electrons. The molecule has 3 N–H and O–H groups in total. The molecule has 1 unspecified atom stereocenters. The topological polar surface area (TPSA) is 91.7 Å². The van der Waals surface area contributed by atoms with E-state index in [4.69, 9.17) is 0 Å². The monoisotopic (exact) mass is 304 g/mol. The van der Waals surface area contributed by atoms with Crippen LogP contribution in [0, 0.1) is 12.8 Å². The molecule has 7 nitrogen and oxygen atoms in total. The molecular weight excluding hydrogens is 280 g/mol. The van der Waals surface area contributed by atoms with E-state index in [1.807, 2.05) is 23.9 Å². The van der Waals surface area contributed by atoms with Gasteiger partial charge in [0.25, 0.3) is 0 Å². The van der Waals surface area contributed by atoms with Crippen molar-refractivity contribution in [1.29, 1.82) is 0 Å². The summed E-state index contributed by atoms with van der Waals surface area (Å²) in [5.41, 5.74) is 0. The molecule has 0 amide bonds. The van der Waals surface area contributed by atoms with Gasteiger partial charge in [0.15, 0.2) is 5.82 Å². The van der Waals surface area contributed by atoms with Crippen LogP contribution in [0.25, 0.3) is 0 Å². The standard InChI is InChI=1S/C15H24N6O/c1-10(9-21-5-3-4-17-21)16-8-13-6-12(7-14(13)22)15-18-11(2)19-20-15/h3-5,10,12-14,16,22H,6-9H2,1-2H3,(H,18,19,20)/t10?,12-,13+,14+/m0/s1.